The van der Waals surface area contributed by atoms with Gasteiger partial charge in [0.1, 0.15) is 0 Å². The molecule has 48 nitrogen and oxygen atoms in total. The van der Waals surface area contributed by atoms with Gasteiger partial charge in [-0.25, -0.2) is 211 Å². The Morgan fingerprint density at radius 1 is 0.215 bits per heavy atom. The van der Waals surface area contributed by atoms with Gasteiger partial charge in [0.15, 0.2) is 0 Å². The molecule has 0 radical (unpaired) electrons. The number of rotatable bonds is 32. The normalized spacial score (nSPS) is 10.2. The van der Waals surface area contributed by atoms with Crippen molar-refractivity contribution < 1.29 is 0 Å². The Labute approximate surface area is 768 Å². The first kappa shape index (κ1) is 116. The van der Waals surface area contributed by atoms with E-state index >= 15 is 0 Å². The maximum Gasteiger partial charge on any atom is 0.360 e. The van der Waals surface area contributed by atoms with Crippen LogP contribution in [-0.2, 0) is 137 Å². The van der Waals surface area contributed by atoms with Crippen LogP contribution in [0.5, 0.6) is 0 Å². The van der Waals surface area contributed by atoms with Crippen molar-refractivity contribution in [2.75, 3.05) is 0 Å². The first-order chi connectivity index (χ1) is 63.7. The molecule has 0 spiro atoms. The van der Waals surface area contributed by atoms with E-state index in [1.807, 2.05) is 18.1 Å². The lowest BCUT2D eigenvalue weighted by Crippen LogP contribution is -2.54. The molecule has 8 rings (SSSR count). The molecule has 8 aromatic heterocycles. The van der Waals surface area contributed by atoms with Crippen LogP contribution in [0.15, 0.2) is 215 Å². The molecule has 0 aromatic carbocycles. The van der Waals surface area contributed by atoms with Gasteiger partial charge in [-0.1, -0.05) is 92.0 Å². The Balaban J connectivity index is 0.000000772. The van der Waals surface area contributed by atoms with Crippen molar-refractivity contribution in [2.24, 2.45) is 0 Å². The largest absolute Gasteiger partial charge is 0.360 e. The van der Waals surface area contributed by atoms with Crippen molar-refractivity contribution in [3.63, 3.8) is 0 Å². The third-order valence-electron chi connectivity index (χ3n) is 18.9. The van der Waals surface area contributed by atoms with Crippen LogP contribution in [0.2, 0.25) is 0 Å². The van der Waals surface area contributed by atoms with E-state index in [4.69, 9.17) is 25.7 Å². The topological polar surface area (TPSA) is 528 Å². The van der Waals surface area contributed by atoms with Gasteiger partial charge in [-0.2, -0.15) is 13.7 Å². The summed E-state index contributed by atoms with van der Waals surface area (Å²) in [6, 6.07) is 5.66. The van der Waals surface area contributed by atoms with E-state index in [-0.39, 0.29) is 137 Å². The Hall–Kier alpha value is -16.6. The Morgan fingerprint density at radius 3 is 0.541 bits per heavy atom. The Bertz CT molecular complexity index is 7240. The molecule has 0 aliphatic rings. The van der Waals surface area contributed by atoms with Gasteiger partial charge in [0, 0.05) is 116 Å². The summed E-state index contributed by atoms with van der Waals surface area (Å²) in [6.45, 7) is 57.4. The zero-order chi connectivity index (χ0) is 104. The molecule has 0 aliphatic carbocycles. The van der Waals surface area contributed by atoms with E-state index in [1.54, 1.807) is 122 Å². The second kappa shape index (κ2) is 55.5. The summed E-state index contributed by atoms with van der Waals surface area (Å²) < 4.78 is 22.6. The van der Waals surface area contributed by atoms with Crippen molar-refractivity contribution in [2.45, 2.75) is 261 Å². The van der Waals surface area contributed by atoms with E-state index in [9.17, 15) is 115 Å². The molecule has 0 unspecified atom stereocenters. The van der Waals surface area contributed by atoms with Crippen LogP contribution in [0.4, 0.5) is 0 Å². The molecule has 0 atom stereocenters. The van der Waals surface area contributed by atoms with Crippen LogP contribution in [0, 0.1) is 49.7 Å². The van der Waals surface area contributed by atoms with Gasteiger partial charge < -0.3 is 0 Å². The van der Waals surface area contributed by atoms with Crippen molar-refractivity contribution in [3.8, 4) is 49.7 Å². The van der Waals surface area contributed by atoms with Crippen molar-refractivity contribution >= 4 is 0 Å². The highest BCUT2D eigenvalue weighted by Crippen LogP contribution is 1.94. The number of hydrogen-bond donors (Lipinski definition) is 0. The van der Waals surface area contributed by atoms with E-state index in [1.165, 1.54) is 12.2 Å². The van der Waals surface area contributed by atoms with Crippen LogP contribution >= 0.6 is 0 Å². The first-order valence-corrected chi connectivity index (χ1v) is 42.1. The minimum absolute atomic E-state index is 0.0785. The molecular weight excluding hydrogens is 1770 g/mol. The first-order valence-electron chi connectivity index (χ1n) is 42.1. The summed E-state index contributed by atoms with van der Waals surface area (Å²) >= 11 is 0. The maximum absolute atomic E-state index is 12.2. The van der Waals surface area contributed by atoms with Crippen LogP contribution < -0.4 is 137 Å². The molecule has 0 bridgehead atoms. The predicted octanol–water partition coefficient (Wildman–Crippen LogP) is -4.61. The monoisotopic (exact) mass is 1880 g/mol. The molecule has 135 heavy (non-hydrogen) atoms. The second-order valence-corrected chi connectivity index (χ2v) is 28.0. The van der Waals surface area contributed by atoms with E-state index in [0.29, 0.717) is 49.7 Å². The van der Waals surface area contributed by atoms with Gasteiger partial charge in [-0.3, -0.25) is 0 Å². The van der Waals surface area contributed by atoms with E-state index in [0.717, 1.165) is 95.9 Å². The molecule has 8 aromatic rings. The number of allylic oxidation sites excluding steroid dienone is 8. The van der Waals surface area contributed by atoms with Crippen molar-refractivity contribution in [1.82, 2.24) is 110 Å². The summed E-state index contributed by atoms with van der Waals surface area (Å²) in [5, 5.41) is 0. The standard InChI is InChI=1S/2C13H19N3O3.2C11H17N3O3.C11H15N3O3.C10H13N3O3.C9H11N3O3.C9H7N3O3/c1-6-14-11(17)15(7-9(2)3)13(19)16(12(14)18)8-10(4)5;1-4-7-9-15-11(17)14(6-3)12(18)16(13(15)19)10-8-5-2;1-5-12-9(15)13(6-2)11(17)14(10(12)16)7-8(3)4;1-4-7-8-14-10(16)12(5-2)9(15)13(6-3)11(14)17;1-4-7-13-9(15)12(6-3)10(16)14(8-5-2)11(13)17;1-4-7-13-9(15)11(5-2)8(14)12(6-3)10(13)16;2*1-4-10-7(13)11(5-2)9(15)12(6-3)8(10)14/h2,4,6-8H2,1,3,5H3;4-5H,1-2,6-10H2,3H3;3,5-7H2,1-2,4H3;4H,1,5-8H2,2-3H3;4-5H,1-2,6-8H2,3H3;1H,5-7H2,2-3H3;1H,5-6H2,2-3H3;1-2H,6H2,3H3. The minimum Gasteiger partial charge on any atom is -0.247 e. The Kier molecular flexibility index (Phi) is 47.8. The average Bonchev–Trinajstić information content (AvgIpc) is 0.820. The van der Waals surface area contributed by atoms with Gasteiger partial charge in [0.05, 0.1) is 39.3 Å². The van der Waals surface area contributed by atoms with Gasteiger partial charge >= 0.3 is 137 Å². The van der Waals surface area contributed by atoms with Crippen molar-refractivity contribution in [3.05, 3.63) is 351 Å². The minimum atomic E-state index is -1.00. The SMILES string of the molecule is C#CCn1c(=O)n(CC)c(=O)n(CC)c1=O.C#Cn1c(=O)n(C#C)c(=O)n(CC)c1=O.C#Cn1c(=O)n(CC)c(=O)n(CC)c1=O.C=C(C)Cn1c(=O)n(CC)c(=O)n(CC(=C)C)c1=O.C=C(C)Cn1c(=O)n(CC)c(=O)n(CC)c1=O.C=CCCn1c(=O)n(CC)c(=O)n(CC)c1=O.C=CCCn1c(=O)n(CC)c(=O)n(CCC=C)c1=O.C=CCn1c(=O)n(CC)c(=O)n(CC=C)c1=O. The molecule has 0 saturated carbocycles. The summed E-state index contributed by atoms with van der Waals surface area (Å²) in [7, 11) is 0. The number of nitrogens with zero attached hydrogens (tertiary/aromatic N) is 24. The second-order valence-electron chi connectivity index (χ2n) is 28.0. The fourth-order valence-electron chi connectivity index (χ4n) is 12.1. The lowest BCUT2D eigenvalue weighted by Gasteiger charge is -2.12. The molecule has 0 N–H and O–H groups in total. The summed E-state index contributed by atoms with van der Waals surface area (Å²) in [5.41, 5.74) is -13.4. The molecule has 0 saturated heterocycles. The summed E-state index contributed by atoms with van der Waals surface area (Å²) in [4.78, 5) is 283. The van der Waals surface area contributed by atoms with E-state index < -0.39 is 137 Å². The highest BCUT2D eigenvalue weighted by Gasteiger charge is 2.21. The van der Waals surface area contributed by atoms with Gasteiger partial charge in [0.25, 0.3) is 0 Å². The third kappa shape index (κ3) is 27.5. The number of terminal acetylenes is 4. The predicted molar refractivity (Wildman–Crippen MR) is 513 cm³/mol. The maximum atomic E-state index is 12.2. The van der Waals surface area contributed by atoms with Gasteiger partial charge in [-0.05, 0) is 123 Å². The number of aromatic nitrogens is 24. The van der Waals surface area contributed by atoms with Crippen LogP contribution in [-0.4, -0.2) is 110 Å². The van der Waals surface area contributed by atoms with Crippen molar-refractivity contribution in [1.29, 1.82) is 0 Å². The van der Waals surface area contributed by atoms with Crippen LogP contribution in [0.1, 0.15) is 123 Å². The molecule has 0 amide bonds. The Morgan fingerprint density at radius 2 is 0.363 bits per heavy atom. The molecule has 8 heterocycles. The lowest BCUT2D eigenvalue weighted by atomic mass is 10.3. The highest BCUT2D eigenvalue weighted by molar-refractivity contribution is 5.02. The summed E-state index contributed by atoms with van der Waals surface area (Å²) in [5.74, 6) is 2.22. The van der Waals surface area contributed by atoms with Crippen LogP contribution in [0.25, 0.3) is 0 Å². The zero-order valence-corrected chi connectivity index (χ0v) is 78.9. The van der Waals surface area contributed by atoms with E-state index in [2.05, 4.69) is 58.6 Å². The quantitative estimate of drug-likeness (QED) is 0.0283. The molecule has 730 valence electrons. The van der Waals surface area contributed by atoms with Crippen LogP contribution in [0.3, 0.4) is 0 Å². The molecule has 48 heteroatoms. The summed E-state index contributed by atoms with van der Waals surface area (Å²) in [6.07, 6.45) is 29.3. The highest BCUT2D eigenvalue weighted by atomic mass is 16.2. The number of hydrogen-bond acceptors (Lipinski definition) is 24. The third-order valence-corrected chi connectivity index (χ3v) is 18.9. The zero-order valence-electron chi connectivity index (χ0n) is 78.9. The fourth-order valence-corrected chi connectivity index (χ4v) is 12.1. The fraction of sp³-hybridized carbons (Fsp3) is 0.448. The van der Waals surface area contributed by atoms with Gasteiger partial charge in [0.2, 0.25) is 0 Å². The molecule has 0 fully saturated rings. The van der Waals surface area contributed by atoms with Gasteiger partial charge in [-0.15, -0.1) is 39.3 Å². The molecular formula is C87H118N24O24. The smallest absolute Gasteiger partial charge is 0.247 e. The molecule has 0 aliphatic heterocycles. The lowest BCUT2D eigenvalue weighted by molar-refractivity contribution is 0.456. The average molecular weight is 1880 g/mol.